The smallest absolute Gasteiger partial charge is 0.250 e. The van der Waals surface area contributed by atoms with Gasteiger partial charge in [0.25, 0.3) is 5.91 Å². The van der Waals surface area contributed by atoms with Crippen LogP contribution >= 0.6 is 11.8 Å². The average Bonchev–Trinajstić information content (AvgIpc) is 3.38. The van der Waals surface area contributed by atoms with E-state index in [-0.39, 0.29) is 11.7 Å². The van der Waals surface area contributed by atoms with Crippen molar-refractivity contribution in [2.45, 2.75) is 5.16 Å². The molecular formula is C29H23N5O2S. The molecule has 1 amide bonds. The molecule has 0 saturated carbocycles. The standard InChI is InChI=1S/C29H23N5O2S/c35-27(31-30-20-22-11-10-18-26(19-22)36-25-16-8-3-9-17-25)21-37-29-33-32-28(23-12-4-1-5-13-23)34(29)24-14-6-2-7-15-24/h1-20H,21H2,(H,31,35). The maximum Gasteiger partial charge on any atom is 0.250 e. The molecule has 4 aromatic carbocycles. The zero-order chi connectivity index (χ0) is 25.3. The van der Waals surface area contributed by atoms with E-state index < -0.39 is 0 Å². The molecule has 0 saturated heterocycles. The van der Waals surface area contributed by atoms with Crippen molar-refractivity contribution in [3.63, 3.8) is 0 Å². The summed E-state index contributed by atoms with van der Waals surface area (Å²) in [6, 6.07) is 36.7. The predicted octanol–water partition coefficient (Wildman–Crippen LogP) is 5.97. The maximum atomic E-state index is 12.5. The lowest BCUT2D eigenvalue weighted by atomic mass is 10.2. The normalized spacial score (nSPS) is 10.9. The summed E-state index contributed by atoms with van der Waals surface area (Å²) >= 11 is 1.30. The van der Waals surface area contributed by atoms with Crippen LogP contribution in [0.25, 0.3) is 17.1 Å². The van der Waals surface area contributed by atoms with Crippen LogP contribution in [-0.2, 0) is 4.79 Å². The Morgan fingerprint density at radius 2 is 1.51 bits per heavy atom. The van der Waals surface area contributed by atoms with Crippen molar-refractivity contribution >= 4 is 23.9 Å². The SMILES string of the molecule is O=C(CSc1nnc(-c2ccccc2)n1-c1ccccc1)NN=Cc1cccc(Oc2ccccc2)c1. The summed E-state index contributed by atoms with van der Waals surface area (Å²) in [5.41, 5.74) is 5.25. The fourth-order valence-electron chi connectivity index (χ4n) is 3.57. The Kier molecular flexibility index (Phi) is 7.68. The second-order valence-electron chi connectivity index (χ2n) is 7.91. The minimum Gasteiger partial charge on any atom is -0.457 e. The Morgan fingerprint density at radius 1 is 0.838 bits per heavy atom. The van der Waals surface area contributed by atoms with Crippen molar-refractivity contribution in [2.24, 2.45) is 5.10 Å². The van der Waals surface area contributed by atoms with Crippen molar-refractivity contribution in [1.82, 2.24) is 20.2 Å². The third-order valence-electron chi connectivity index (χ3n) is 5.25. The van der Waals surface area contributed by atoms with Crippen molar-refractivity contribution in [3.05, 3.63) is 121 Å². The number of hydrazone groups is 1. The number of carbonyl (C=O) groups excluding carboxylic acids is 1. The van der Waals surface area contributed by atoms with Gasteiger partial charge in [-0.25, -0.2) is 5.43 Å². The van der Waals surface area contributed by atoms with Crippen LogP contribution in [0.3, 0.4) is 0 Å². The summed E-state index contributed by atoms with van der Waals surface area (Å²) in [7, 11) is 0. The first-order valence-electron chi connectivity index (χ1n) is 11.6. The van der Waals surface area contributed by atoms with Crippen LogP contribution in [0, 0.1) is 0 Å². The van der Waals surface area contributed by atoms with Crippen LogP contribution in [0.2, 0.25) is 0 Å². The van der Waals surface area contributed by atoms with Gasteiger partial charge in [0.05, 0.1) is 12.0 Å². The van der Waals surface area contributed by atoms with E-state index in [4.69, 9.17) is 4.74 Å². The van der Waals surface area contributed by atoms with Crippen molar-refractivity contribution in [1.29, 1.82) is 0 Å². The van der Waals surface area contributed by atoms with E-state index in [1.165, 1.54) is 11.8 Å². The van der Waals surface area contributed by atoms with E-state index in [1.807, 2.05) is 120 Å². The van der Waals surface area contributed by atoms with E-state index in [0.717, 1.165) is 22.6 Å². The lowest BCUT2D eigenvalue weighted by molar-refractivity contribution is -0.118. The zero-order valence-corrected chi connectivity index (χ0v) is 20.6. The summed E-state index contributed by atoms with van der Waals surface area (Å²) in [5.74, 6) is 2.04. The Labute approximate surface area is 218 Å². The number of nitrogens with zero attached hydrogens (tertiary/aromatic N) is 4. The Morgan fingerprint density at radius 3 is 2.27 bits per heavy atom. The van der Waals surface area contributed by atoms with Gasteiger partial charge in [0, 0.05) is 11.3 Å². The van der Waals surface area contributed by atoms with Gasteiger partial charge in [0.1, 0.15) is 11.5 Å². The van der Waals surface area contributed by atoms with E-state index in [1.54, 1.807) is 6.21 Å². The third-order valence-corrected chi connectivity index (χ3v) is 6.18. The molecule has 0 aliphatic carbocycles. The van der Waals surface area contributed by atoms with Crippen LogP contribution < -0.4 is 10.2 Å². The summed E-state index contributed by atoms with van der Waals surface area (Å²) in [5, 5.41) is 13.5. The molecule has 0 bridgehead atoms. The quantitative estimate of drug-likeness (QED) is 0.152. The molecule has 1 aromatic heterocycles. The maximum absolute atomic E-state index is 12.5. The van der Waals surface area contributed by atoms with E-state index in [9.17, 15) is 4.79 Å². The number of aromatic nitrogens is 3. The second-order valence-corrected chi connectivity index (χ2v) is 8.86. The van der Waals surface area contributed by atoms with Gasteiger partial charge in [-0.1, -0.05) is 90.6 Å². The van der Waals surface area contributed by atoms with Gasteiger partial charge in [-0.05, 0) is 42.0 Å². The highest BCUT2D eigenvalue weighted by molar-refractivity contribution is 7.99. The number of nitrogens with one attached hydrogen (secondary N) is 1. The number of hydrogen-bond acceptors (Lipinski definition) is 6. The molecule has 0 aliphatic heterocycles. The predicted molar refractivity (Wildman–Crippen MR) is 146 cm³/mol. The minimum absolute atomic E-state index is 0.133. The number of para-hydroxylation sites is 2. The number of ether oxygens (including phenoxy) is 1. The van der Waals surface area contributed by atoms with Crippen LogP contribution in [0.15, 0.2) is 126 Å². The first-order valence-corrected chi connectivity index (χ1v) is 12.6. The van der Waals surface area contributed by atoms with Crippen LogP contribution in [-0.4, -0.2) is 32.6 Å². The molecule has 0 aliphatic rings. The third kappa shape index (κ3) is 6.31. The van der Waals surface area contributed by atoms with Gasteiger partial charge in [0.2, 0.25) is 0 Å². The fourth-order valence-corrected chi connectivity index (χ4v) is 4.32. The van der Waals surface area contributed by atoms with E-state index in [0.29, 0.717) is 16.7 Å². The number of rotatable bonds is 9. The molecule has 7 nitrogen and oxygen atoms in total. The fraction of sp³-hybridized carbons (Fsp3) is 0.0345. The Balaban J connectivity index is 1.23. The highest BCUT2D eigenvalue weighted by Gasteiger charge is 2.17. The van der Waals surface area contributed by atoms with E-state index in [2.05, 4.69) is 20.7 Å². The molecule has 0 atom stereocenters. The largest absolute Gasteiger partial charge is 0.457 e. The summed E-state index contributed by atoms with van der Waals surface area (Å²) < 4.78 is 7.80. The van der Waals surface area contributed by atoms with Crippen LogP contribution in [0.4, 0.5) is 0 Å². The molecule has 182 valence electrons. The van der Waals surface area contributed by atoms with Crippen molar-refractivity contribution in [3.8, 4) is 28.6 Å². The number of thioether (sulfide) groups is 1. The molecule has 1 N–H and O–H groups in total. The molecule has 37 heavy (non-hydrogen) atoms. The molecule has 0 unspecified atom stereocenters. The Hall–Kier alpha value is -4.69. The second kappa shape index (κ2) is 11.8. The molecule has 8 heteroatoms. The lowest BCUT2D eigenvalue weighted by Crippen LogP contribution is -2.20. The van der Waals surface area contributed by atoms with Crippen molar-refractivity contribution < 1.29 is 9.53 Å². The molecule has 5 aromatic rings. The van der Waals surface area contributed by atoms with Gasteiger partial charge in [0.15, 0.2) is 11.0 Å². The minimum atomic E-state index is -0.248. The monoisotopic (exact) mass is 505 g/mol. The molecule has 0 radical (unpaired) electrons. The lowest BCUT2D eigenvalue weighted by Gasteiger charge is -2.10. The van der Waals surface area contributed by atoms with Gasteiger partial charge in [-0.2, -0.15) is 5.10 Å². The van der Waals surface area contributed by atoms with Crippen LogP contribution in [0.1, 0.15) is 5.56 Å². The Bertz CT molecular complexity index is 1490. The van der Waals surface area contributed by atoms with Crippen LogP contribution in [0.5, 0.6) is 11.5 Å². The molecule has 0 spiro atoms. The highest BCUT2D eigenvalue weighted by atomic mass is 32.2. The summed E-state index contributed by atoms with van der Waals surface area (Å²) in [6.07, 6.45) is 1.58. The highest BCUT2D eigenvalue weighted by Crippen LogP contribution is 2.27. The molecule has 5 rings (SSSR count). The number of amides is 1. The molecule has 0 fully saturated rings. The summed E-state index contributed by atoms with van der Waals surface area (Å²) in [4.78, 5) is 12.5. The van der Waals surface area contributed by atoms with Gasteiger partial charge < -0.3 is 4.74 Å². The van der Waals surface area contributed by atoms with Gasteiger partial charge in [-0.3, -0.25) is 9.36 Å². The van der Waals surface area contributed by atoms with Crippen molar-refractivity contribution in [2.75, 3.05) is 5.75 Å². The van der Waals surface area contributed by atoms with Gasteiger partial charge >= 0.3 is 0 Å². The number of benzene rings is 4. The molecule has 1 heterocycles. The topological polar surface area (TPSA) is 81.4 Å². The number of carbonyl (C=O) groups is 1. The number of hydrogen-bond donors (Lipinski definition) is 1. The van der Waals surface area contributed by atoms with E-state index >= 15 is 0 Å². The zero-order valence-electron chi connectivity index (χ0n) is 19.8. The first kappa shape index (κ1) is 24.0. The van der Waals surface area contributed by atoms with Gasteiger partial charge in [-0.15, -0.1) is 10.2 Å². The average molecular weight is 506 g/mol. The first-order chi connectivity index (χ1) is 18.3. The molecular weight excluding hydrogens is 482 g/mol. The summed E-state index contributed by atoms with van der Waals surface area (Å²) in [6.45, 7) is 0.